The van der Waals surface area contributed by atoms with Crippen LogP contribution in [-0.4, -0.2) is 15.1 Å². The molecule has 2 N–H and O–H groups in total. The van der Waals surface area contributed by atoms with Gasteiger partial charge in [-0.05, 0) is 23.8 Å². The third-order valence-electron chi connectivity index (χ3n) is 3.02. The summed E-state index contributed by atoms with van der Waals surface area (Å²) in [6.45, 7) is 0.216. The molecule has 21 heavy (non-hydrogen) atoms. The van der Waals surface area contributed by atoms with Crippen LogP contribution in [0.2, 0.25) is 10.0 Å². The summed E-state index contributed by atoms with van der Waals surface area (Å²) in [7, 11) is 0. The van der Waals surface area contributed by atoms with Crippen molar-refractivity contribution in [3.05, 3.63) is 57.8 Å². The average molecular weight is 323 g/mol. The van der Waals surface area contributed by atoms with E-state index in [-0.39, 0.29) is 6.61 Å². The van der Waals surface area contributed by atoms with Crippen LogP contribution in [-0.2, 0) is 13.2 Å². The molecule has 3 aromatic rings. The number of hydrogen-bond donors (Lipinski definition) is 2. The molecule has 0 unspecified atom stereocenters. The summed E-state index contributed by atoms with van der Waals surface area (Å²) in [5, 5.41) is 10.2. The molecule has 3 rings (SSSR count). The number of rotatable bonds is 4. The Balaban J connectivity index is 1.84. The molecule has 2 aromatic carbocycles. The van der Waals surface area contributed by atoms with E-state index < -0.39 is 0 Å². The predicted molar refractivity (Wildman–Crippen MR) is 82.8 cm³/mol. The van der Waals surface area contributed by atoms with Gasteiger partial charge < -0.3 is 14.8 Å². The summed E-state index contributed by atoms with van der Waals surface area (Å²) in [5.41, 5.74) is 2.42. The fourth-order valence-corrected chi connectivity index (χ4v) is 2.47. The SMILES string of the molecule is OCc1nc2cc(OCc3cccc(Cl)c3)c(Cl)cc2[nH]1. The Kier molecular flexibility index (Phi) is 4.01. The number of aromatic nitrogens is 2. The van der Waals surface area contributed by atoms with E-state index in [1.165, 1.54) is 0 Å². The highest BCUT2D eigenvalue weighted by atomic mass is 35.5. The first-order chi connectivity index (χ1) is 10.2. The number of aromatic amines is 1. The quantitative estimate of drug-likeness (QED) is 0.764. The van der Waals surface area contributed by atoms with Gasteiger partial charge in [0.05, 0.1) is 16.1 Å². The van der Waals surface area contributed by atoms with Gasteiger partial charge >= 0.3 is 0 Å². The number of H-pyrrole nitrogens is 1. The second-order valence-electron chi connectivity index (χ2n) is 4.56. The standard InChI is InChI=1S/C15H12Cl2N2O2/c16-10-3-1-2-9(4-10)8-21-14-6-13-12(5-11(14)17)18-15(7-20)19-13/h1-6,20H,7-8H2,(H,18,19). The van der Waals surface area contributed by atoms with Crippen LogP contribution in [0.5, 0.6) is 5.75 Å². The van der Waals surface area contributed by atoms with Gasteiger partial charge in [-0.15, -0.1) is 0 Å². The van der Waals surface area contributed by atoms with Gasteiger partial charge in [-0.2, -0.15) is 0 Å². The van der Waals surface area contributed by atoms with Gasteiger partial charge in [-0.1, -0.05) is 35.3 Å². The minimum atomic E-state index is -0.148. The van der Waals surface area contributed by atoms with Crippen LogP contribution in [0.15, 0.2) is 36.4 Å². The molecule has 0 saturated carbocycles. The molecule has 1 aromatic heterocycles. The van der Waals surface area contributed by atoms with E-state index in [2.05, 4.69) is 9.97 Å². The highest BCUT2D eigenvalue weighted by Crippen LogP contribution is 2.30. The monoisotopic (exact) mass is 322 g/mol. The lowest BCUT2D eigenvalue weighted by atomic mass is 10.2. The van der Waals surface area contributed by atoms with Crippen molar-refractivity contribution in [2.45, 2.75) is 13.2 Å². The van der Waals surface area contributed by atoms with Crippen molar-refractivity contribution in [2.24, 2.45) is 0 Å². The topological polar surface area (TPSA) is 58.1 Å². The third kappa shape index (κ3) is 3.13. The predicted octanol–water partition coefficient (Wildman–Crippen LogP) is 3.94. The van der Waals surface area contributed by atoms with Gasteiger partial charge in [-0.25, -0.2) is 4.98 Å². The van der Waals surface area contributed by atoms with Crippen LogP contribution >= 0.6 is 23.2 Å². The summed E-state index contributed by atoms with van der Waals surface area (Å²) >= 11 is 12.1. The Hall–Kier alpha value is -1.75. The molecule has 0 spiro atoms. The van der Waals surface area contributed by atoms with Crippen LogP contribution in [0, 0.1) is 0 Å². The van der Waals surface area contributed by atoms with Gasteiger partial charge in [0.25, 0.3) is 0 Å². The van der Waals surface area contributed by atoms with Crippen molar-refractivity contribution in [3.63, 3.8) is 0 Å². The number of fused-ring (bicyclic) bond motifs is 1. The van der Waals surface area contributed by atoms with E-state index in [9.17, 15) is 0 Å². The Bertz CT molecular complexity index is 786. The smallest absolute Gasteiger partial charge is 0.140 e. The lowest BCUT2D eigenvalue weighted by Gasteiger charge is -2.08. The molecule has 0 amide bonds. The Morgan fingerprint density at radius 3 is 2.81 bits per heavy atom. The molecule has 0 fully saturated rings. The van der Waals surface area contributed by atoms with Crippen LogP contribution in [0.4, 0.5) is 0 Å². The maximum absolute atomic E-state index is 9.08. The van der Waals surface area contributed by atoms with Gasteiger partial charge in [0.1, 0.15) is 24.8 Å². The molecule has 4 nitrogen and oxygen atoms in total. The number of ether oxygens (including phenoxy) is 1. The zero-order valence-corrected chi connectivity index (χ0v) is 12.4. The molecule has 0 bridgehead atoms. The summed E-state index contributed by atoms with van der Waals surface area (Å²) in [4.78, 5) is 7.21. The molecule has 0 aliphatic rings. The number of nitrogens with zero attached hydrogens (tertiary/aromatic N) is 1. The number of hydrogen-bond acceptors (Lipinski definition) is 3. The first-order valence-corrected chi connectivity index (χ1v) is 7.07. The van der Waals surface area contributed by atoms with E-state index in [0.717, 1.165) is 11.1 Å². The second-order valence-corrected chi connectivity index (χ2v) is 5.40. The second kappa shape index (κ2) is 5.93. The molecular formula is C15H12Cl2N2O2. The van der Waals surface area contributed by atoms with Gasteiger partial charge in [0, 0.05) is 11.1 Å². The normalized spacial score (nSPS) is 11.0. The largest absolute Gasteiger partial charge is 0.487 e. The molecule has 0 aliphatic heterocycles. The summed E-state index contributed by atoms with van der Waals surface area (Å²) in [6.07, 6.45) is 0. The van der Waals surface area contributed by atoms with Crippen molar-refractivity contribution in [1.82, 2.24) is 9.97 Å². The number of imidazole rings is 1. The van der Waals surface area contributed by atoms with E-state index in [1.54, 1.807) is 12.1 Å². The van der Waals surface area contributed by atoms with Crippen LogP contribution in [0.1, 0.15) is 11.4 Å². The van der Waals surface area contributed by atoms with E-state index in [1.807, 2.05) is 24.3 Å². The molecule has 0 aliphatic carbocycles. The fraction of sp³-hybridized carbons (Fsp3) is 0.133. The van der Waals surface area contributed by atoms with Crippen molar-refractivity contribution in [2.75, 3.05) is 0 Å². The minimum Gasteiger partial charge on any atom is -0.487 e. The lowest BCUT2D eigenvalue weighted by molar-refractivity contribution is 0.273. The van der Waals surface area contributed by atoms with Crippen LogP contribution in [0.3, 0.4) is 0 Å². The summed E-state index contributed by atoms with van der Waals surface area (Å²) in [5.74, 6) is 1.04. The third-order valence-corrected chi connectivity index (χ3v) is 3.55. The van der Waals surface area contributed by atoms with Crippen molar-refractivity contribution < 1.29 is 9.84 Å². The molecule has 6 heteroatoms. The van der Waals surface area contributed by atoms with Crippen LogP contribution in [0.25, 0.3) is 11.0 Å². The fourth-order valence-electron chi connectivity index (χ4n) is 2.04. The first-order valence-electron chi connectivity index (χ1n) is 6.32. The number of benzene rings is 2. The van der Waals surface area contributed by atoms with Crippen LogP contribution < -0.4 is 4.74 Å². The van der Waals surface area contributed by atoms with E-state index >= 15 is 0 Å². The molecule has 0 atom stereocenters. The van der Waals surface area contributed by atoms with Gasteiger partial charge in [0.15, 0.2) is 0 Å². The number of aliphatic hydroxyl groups is 1. The highest BCUT2D eigenvalue weighted by Gasteiger charge is 2.09. The Labute approximate surface area is 131 Å². The highest BCUT2D eigenvalue weighted by molar-refractivity contribution is 6.32. The molecule has 0 radical (unpaired) electrons. The maximum atomic E-state index is 9.08. The molecular weight excluding hydrogens is 311 g/mol. The molecule has 0 saturated heterocycles. The minimum absolute atomic E-state index is 0.148. The Morgan fingerprint density at radius 2 is 2.05 bits per heavy atom. The van der Waals surface area contributed by atoms with Gasteiger partial charge in [0.2, 0.25) is 0 Å². The average Bonchev–Trinajstić information content (AvgIpc) is 2.86. The zero-order chi connectivity index (χ0) is 14.8. The maximum Gasteiger partial charge on any atom is 0.140 e. The number of halogens is 2. The molecule has 1 heterocycles. The molecule has 108 valence electrons. The number of aliphatic hydroxyl groups excluding tert-OH is 1. The van der Waals surface area contributed by atoms with Crippen molar-refractivity contribution in [1.29, 1.82) is 0 Å². The Morgan fingerprint density at radius 1 is 1.19 bits per heavy atom. The first kappa shape index (κ1) is 14.2. The summed E-state index contributed by atoms with van der Waals surface area (Å²) in [6, 6.07) is 10.9. The van der Waals surface area contributed by atoms with E-state index in [0.29, 0.717) is 33.7 Å². The summed E-state index contributed by atoms with van der Waals surface area (Å²) < 4.78 is 5.72. The number of nitrogens with one attached hydrogen (secondary N) is 1. The van der Waals surface area contributed by atoms with Crippen molar-refractivity contribution in [3.8, 4) is 5.75 Å². The van der Waals surface area contributed by atoms with Crippen molar-refractivity contribution >= 4 is 34.2 Å². The van der Waals surface area contributed by atoms with E-state index in [4.69, 9.17) is 33.0 Å². The zero-order valence-electron chi connectivity index (χ0n) is 10.9. The van der Waals surface area contributed by atoms with Gasteiger partial charge in [-0.3, -0.25) is 0 Å². The lowest BCUT2D eigenvalue weighted by Crippen LogP contribution is -1.96.